The largest absolute Gasteiger partial charge is 0.530 e. The van der Waals surface area contributed by atoms with Gasteiger partial charge < -0.3 is 39.1 Å². The lowest BCUT2D eigenvalue weighted by molar-refractivity contribution is -0.266. The molecule has 0 aliphatic rings. The molecule has 0 radical (unpaired) electrons. The molecule has 0 aromatic heterocycles. The van der Waals surface area contributed by atoms with E-state index < -0.39 is 12.2 Å². The molecule has 8 heteroatoms. The molecule has 0 aromatic rings. The third-order valence-electron chi connectivity index (χ3n) is 4.24. The van der Waals surface area contributed by atoms with Crippen molar-refractivity contribution in [2.75, 3.05) is 39.4 Å². The van der Waals surface area contributed by atoms with Crippen LogP contribution in [0, 0.1) is 0 Å². The molecule has 162 valence electrons. The Balaban J connectivity index is 3.85. The average molecular weight is 399 g/mol. The third kappa shape index (κ3) is 14.8. The van der Waals surface area contributed by atoms with Crippen molar-refractivity contribution in [1.29, 1.82) is 0 Å². The Kier molecular flexibility index (Phi) is 16.5. The van der Waals surface area contributed by atoms with E-state index >= 15 is 0 Å². The fourth-order valence-corrected chi connectivity index (χ4v) is 2.69. The fraction of sp³-hybridized carbons (Fsp3) is 0.700. The highest BCUT2D eigenvalue weighted by molar-refractivity contribution is 5.62. The predicted octanol–water partition coefficient (Wildman–Crippen LogP) is 1.72. The first-order chi connectivity index (χ1) is 13.5. The first-order valence-electron chi connectivity index (χ1n) is 9.89. The topological polar surface area (TPSA) is 105 Å². The van der Waals surface area contributed by atoms with Crippen LogP contribution in [0.2, 0.25) is 0 Å². The summed E-state index contributed by atoms with van der Waals surface area (Å²) in [5.74, 6) is 0. The van der Waals surface area contributed by atoms with E-state index in [4.69, 9.17) is 9.47 Å². The van der Waals surface area contributed by atoms with E-state index in [1.54, 1.807) is 0 Å². The van der Waals surface area contributed by atoms with Gasteiger partial charge in [0.05, 0.1) is 25.7 Å². The average Bonchev–Trinajstić information content (AvgIpc) is 2.66. The minimum absolute atomic E-state index is 0.427. The van der Waals surface area contributed by atoms with E-state index in [0.29, 0.717) is 52.2 Å². The molecule has 0 bridgehead atoms. The number of hydrogen-bond donors (Lipinski definition) is 0. The molecule has 0 N–H and O–H groups in total. The van der Waals surface area contributed by atoms with Crippen molar-refractivity contribution in [2.24, 2.45) is 0 Å². The summed E-state index contributed by atoms with van der Waals surface area (Å²) < 4.78 is 10.0. The number of ether oxygens (including phenoxy) is 2. The summed E-state index contributed by atoms with van der Waals surface area (Å²) in [5, 5.41) is 22.3. The van der Waals surface area contributed by atoms with Crippen LogP contribution in [0.4, 0.5) is 9.59 Å². The zero-order chi connectivity index (χ0) is 21.0. The Morgan fingerprint density at radius 3 is 1.25 bits per heavy atom. The Morgan fingerprint density at radius 1 is 0.643 bits per heavy atom. The van der Waals surface area contributed by atoms with Crippen LogP contribution < -0.4 is 10.2 Å². The molecule has 0 heterocycles. The van der Waals surface area contributed by atoms with Crippen molar-refractivity contribution in [3.05, 3.63) is 25.7 Å². The van der Waals surface area contributed by atoms with Gasteiger partial charge in [0.1, 0.15) is 12.2 Å². The molecule has 0 saturated carbocycles. The van der Waals surface area contributed by atoms with E-state index in [1.807, 2.05) is 0 Å². The number of hydrogen-bond acceptors (Lipinski definition) is 6. The molecule has 0 fully saturated rings. The van der Waals surface area contributed by atoms with E-state index in [2.05, 4.69) is 13.2 Å². The van der Waals surface area contributed by atoms with Gasteiger partial charge in [-0.1, -0.05) is 26.0 Å². The molecular formula is C20H34N2O6-2. The van der Waals surface area contributed by atoms with E-state index in [1.165, 1.54) is 22.3 Å². The Hall–Kier alpha value is -2.38. The molecule has 8 nitrogen and oxygen atoms in total. The van der Waals surface area contributed by atoms with Crippen molar-refractivity contribution >= 4 is 12.2 Å². The molecule has 0 aliphatic carbocycles. The molecule has 0 saturated heterocycles. The molecule has 0 aromatic carbocycles. The smallest absolute Gasteiger partial charge is 0.136 e. The maximum absolute atomic E-state index is 11.1. The van der Waals surface area contributed by atoms with Gasteiger partial charge in [0, 0.05) is 26.2 Å². The number of carbonyl (C=O) groups is 2. The minimum atomic E-state index is -1.16. The SMILES string of the molecule is C=COCCCCN(CCCCCCN(CCCCOC=C)C(=O)[O-])C(=O)[O-]. The Bertz CT molecular complexity index is 404. The number of carboxylic acid groups (broad SMARTS) is 2. The molecule has 0 spiro atoms. The van der Waals surface area contributed by atoms with Crippen LogP contribution in [0.1, 0.15) is 51.4 Å². The summed E-state index contributed by atoms with van der Waals surface area (Å²) in [6.07, 6.45) is 6.47. The second-order valence-corrected chi connectivity index (χ2v) is 6.41. The van der Waals surface area contributed by atoms with Gasteiger partial charge in [0.25, 0.3) is 0 Å². The standard InChI is InChI=1S/C20H36N2O6/c1-3-27-17-11-9-15-21(19(23)24)13-7-5-6-8-14-22(20(25)26)16-10-12-18-28-4-2/h3-4H,1-2,5-18H2,(H,23,24)(H,25,26)/p-2. The Labute approximate surface area is 168 Å². The number of rotatable bonds is 19. The van der Waals surface area contributed by atoms with Gasteiger partial charge in [0.15, 0.2) is 0 Å². The summed E-state index contributed by atoms with van der Waals surface area (Å²) in [6.45, 7) is 9.67. The van der Waals surface area contributed by atoms with Crippen molar-refractivity contribution in [3.63, 3.8) is 0 Å². The van der Waals surface area contributed by atoms with Gasteiger partial charge in [-0.05, 0) is 38.5 Å². The lowest BCUT2D eigenvalue weighted by Crippen LogP contribution is -2.42. The summed E-state index contributed by atoms with van der Waals surface area (Å²) in [6, 6.07) is 0. The number of unbranched alkanes of at least 4 members (excludes halogenated alkanes) is 5. The van der Waals surface area contributed by atoms with Crippen LogP contribution in [-0.2, 0) is 9.47 Å². The number of nitrogens with zero attached hydrogens (tertiary/aromatic N) is 2. The monoisotopic (exact) mass is 398 g/mol. The van der Waals surface area contributed by atoms with Crippen LogP contribution in [0.5, 0.6) is 0 Å². The van der Waals surface area contributed by atoms with Gasteiger partial charge >= 0.3 is 0 Å². The zero-order valence-electron chi connectivity index (χ0n) is 16.8. The normalized spacial score (nSPS) is 10.1. The van der Waals surface area contributed by atoms with Gasteiger partial charge in [-0.15, -0.1) is 0 Å². The van der Waals surface area contributed by atoms with Crippen LogP contribution in [-0.4, -0.2) is 61.4 Å². The molecule has 0 aliphatic heterocycles. The maximum atomic E-state index is 11.1. The van der Waals surface area contributed by atoms with E-state index in [9.17, 15) is 19.8 Å². The molecular weight excluding hydrogens is 364 g/mol. The van der Waals surface area contributed by atoms with Crippen LogP contribution in [0.15, 0.2) is 25.7 Å². The molecule has 0 unspecified atom stereocenters. The van der Waals surface area contributed by atoms with Crippen LogP contribution in [0.25, 0.3) is 0 Å². The van der Waals surface area contributed by atoms with Gasteiger partial charge in [0.2, 0.25) is 0 Å². The van der Waals surface area contributed by atoms with Crippen molar-refractivity contribution in [1.82, 2.24) is 9.80 Å². The molecule has 28 heavy (non-hydrogen) atoms. The van der Waals surface area contributed by atoms with Crippen LogP contribution >= 0.6 is 0 Å². The predicted molar refractivity (Wildman–Crippen MR) is 103 cm³/mol. The lowest BCUT2D eigenvalue weighted by Gasteiger charge is -2.26. The highest BCUT2D eigenvalue weighted by atomic mass is 16.5. The van der Waals surface area contributed by atoms with Crippen LogP contribution in [0.3, 0.4) is 0 Å². The van der Waals surface area contributed by atoms with Gasteiger partial charge in [-0.2, -0.15) is 0 Å². The fourth-order valence-electron chi connectivity index (χ4n) is 2.69. The van der Waals surface area contributed by atoms with Gasteiger partial charge in [-0.3, -0.25) is 0 Å². The minimum Gasteiger partial charge on any atom is -0.530 e. The number of carbonyl (C=O) groups excluding carboxylic acids is 2. The Morgan fingerprint density at radius 2 is 0.964 bits per heavy atom. The molecule has 2 amide bonds. The second-order valence-electron chi connectivity index (χ2n) is 6.41. The summed E-state index contributed by atoms with van der Waals surface area (Å²) in [7, 11) is 0. The second kappa shape index (κ2) is 18.0. The summed E-state index contributed by atoms with van der Waals surface area (Å²) >= 11 is 0. The quantitative estimate of drug-likeness (QED) is 0.242. The van der Waals surface area contributed by atoms with Crippen molar-refractivity contribution in [3.8, 4) is 0 Å². The first-order valence-corrected chi connectivity index (χ1v) is 9.89. The van der Waals surface area contributed by atoms with Crippen molar-refractivity contribution in [2.45, 2.75) is 51.4 Å². The van der Waals surface area contributed by atoms with Gasteiger partial charge in [-0.25, -0.2) is 0 Å². The third-order valence-corrected chi connectivity index (χ3v) is 4.24. The lowest BCUT2D eigenvalue weighted by atomic mass is 10.1. The molecule has 0 atom stereocenters. The highest BCUT2D eigenvalue weighted by Crippen LogP contribution is 2.06. The first kappa shape index (κ1) is 25.6. The zero-order valence-corrected chi connectivity index (χ0v) is 16.8. The molecule has 0 rings (SSSR count). The summed E-state index contributed by atoms with van der Waals surface area (Å²) in [4.78, 5) is 24.9. The number of amides is 2. The highest BCUT2D eigenvalue weighted by Gasteiger charge is 2.06. The van der Waals surface area contributed by atoms with E-state index in [0.717, 1.165) is 38.5 Å². The summed E-state index contributed by atoms with van der Waals surface area (Å²) in [5.41, 5.74) is 0. The maximum Gasteiger partial charge on any atom is 0.136 e. The van der Waals surface area contributed by atoms with Crippen molar-refractivity contribution < 1.29 is 29.3 Å². The van der Waals surface area contributed by atoms with E-state index in [-0.39, 0.29) is 0 Å².